The maximum atomic E-state index is 10.7. The Morgan fingerprint density at radius 3 is 2.18 bits per heavy atom. The van der Waals surface area contributed by atoms with Crippen molar-refractivity contribution in [3.05, 3.63) is 28.8 Å². The van der Waals surface area contributed by atoms with Crippen molar-refractivity contribution in [1.82, 2.24) is 0 Å². The molecular formula is C14H21NO2. The van der Waals surface area contributed by atoms with Gasteiger partial charge in [-0.1, -0.05) is 17.7 Å². The second kappa shape index (κ2) is 5.21. The molecule has 0 aliphatic carbocycles. The fourth-order valence-electron chi connectivity index (χ4n) is 2.34. The summed E-state index contributed by atoms with van der Waals surface area (Å²) in [6, 6.07) is 4.26. The largest absolute Gasteiger partial charge is 0.481 e. The molecule has 1 unspecified atom stereocenters. The normalized spacial score (nSPS) is 12.3. The molecule has 0 fully saturated rings. The minimum Gasteiger partial charge on any atom is -0.481 e. The lowest BCUT2D eigenvalue weighted by Gasteiger charge is -2.29. The van der Waals surface area contributed by atoms with E-state index in [4.69, 9.17) is 5.11 Å². The van der Waals surface area contributed by atoms with Gasteiger partial charge in [-0.15, -0.1) is 0 Å². The number of anilines is 1. The van der Waals surface area contributed by atoms with E-state index < -0.39 is 5.97 Å². The third-order valence-corrected chi connectivity index (χ3v) is 3.12. The Kier molecular flexibility index (Phi) is 4.16. The first-order valence-corrected chi connectivity index (χ1v) is 5.85. The van der Waals surface area contributed by atoms with E-state index in [2.05, 4.69) is 37.8 Å². The Morgan fingerprint density at radius 2 is 1.76 bits per heavy atom. The lowest BCUT2D eigenvalue weighted by Crippen LogP contribution is -2.32. The number of aryl methyl sites for hydroxylation is 3. The molecule has 0 aliphatic rings. The number of carboxylic acids is 1. The Labute approximate surface area is 103 Å². The predicted octanol–water partition coefficient (Wildman–Crippen LogP) is 2.91. The Bertz CT molecular complexity index is 403. The summed E-state index contributed by atoms with van der Waals surface area (Å²) in [5.41, 5.74) is 4.77. The number of hydrogen-bond donors (Lipinski definition) is 1. The number of hydrogen-bond acceptors (Lipinski definition) is 2. The third kappa shape index (κ3) is 3.22. The van der Waals surface area contributed by atoms with E-state index in [-0.39, 0.29) is 12.5 Å². The summed E-state index contributed by atoms with van der Waals surface area (Å²) >= 11 is 0. The van der Waals surface area contributed by atoms with E-state index in [1.807, 2.05) is 14.0 Å². The molecule has 0 heterocycles. The van der Waals surface area contributed by atoms with Gasteiger partial charge in [0.25, 0.3) is 0 Å². The van der Waals surface area contributed by atoms with E-state index in [9.17, 15) is 4.79 Å². The summed E-state index contributed by atoms with van der Waals surface area (Å²) in [6.45, 7) is 8.15. The van der Waals surface area contributed by atoms with E-state index in [0.717, 1.165) is 5.69 Å². The van der Waals surface area contributed by atoms with Crippen molar-refractivity contribution in [2.75, 3.05) is 11.9 Å². The van der Waals surface area contributed by atoms with Gasteiger partial charge in [0, 0.05) is 18.8 Å². The van der Waals surface area contributed by atoms with Crippen LogP contribution in [0.15, 0.2) is 12.1 Å². The SMILES string of the molecule is Cc1cc(C)c(N(C)C(C)CC(=O)O)c(C)c1. The van der Waals surface area contributed by atoms with Crippen LogP contribution in [0.4, 0.5) is 5.69 Å². The molecule has 1 N–H and O–H groups in total. The van der Waals surface area contributed by atoms with Crippen LogP contribution in [0, 0.1) is 20.8 Å². The van der Waals surface area contributed by atoms with Crippen molar-refractivity contribution in [3.8, 4) is 0 Å². The standard InChI is InChI=1S/C14H21NO2/c1-9-6-10(2)14(11(3)7-9)15(5)12(4)8-13(16)17/h6-7,12H,8H2,1-5H3,(H,16,17). The predicted molar refractivity (Wildman–Crippen MR) is 70.8 cm³/mol. The molecule has 0 bridgehead atoms. The summed E-state index contributed by atoms with van der Waals surface area (Å²) in [5, 5.41) is 8.84. The summed E-state index contributed by atoms with van der Waals surface area (Å²) in [4.78, 5) is 12.8. The molecule has 0 aliphatic heterocycles. The van der Waals surface area contributed by atoms with Gasteiger partial charge in [0.1, 0.15) is 0 Å². The lowest BCUT2D eigenvalue weighted by atomic mass is 10.0. The summed E-state index contributed by atoms with van der Waals surface area (Å²) in [5.74, 6) is -0.758. The van der Waals surface area contributed by atoms with Crippen LogP contribution >= 0.6 is 0 Å². The zero-order valence-corrected chi connectivity index (χ0v) is 11.2. The highest BCUT2D eigenvalue weighted by Gasteiger charge is 2.17. The number of nitrogens with zero attached hydrogens (tertiary/aromatic N) is 1. The minimum absolute atomic E-state index is 0.00685. The van der Waals surface area contributed by atoms with Crippen LogP contribution in [0.5, 0.6) is 0 Å². The van der Waals surface area contributed by atoms with Gasteiger partial charge in [-0.2, -0.15) is 0 Å². The van der Waals surface area contributed by atoms with Crippen molar-refractivity contribution >= 4 is 11.7 Å². The number of aliphatic carboxylic acids is 1. The van der Waals surface area contributed by atoms with E-state index in [1.54, 1.807) is 0 Å². The topological polar surface area (TPSA) is 40.5 Å². The molecule has 0 saturated heterocycles. The molecule has 0 saturated carbocycles. The second-order valence-corrected chi connectivity index (χ2v) is 4.81. The molecule has 94 valence electrons. The molecule has 0 amide bonds. The summed E-state index contributed by atoms with van der Waals surface area (Å²) < 4.78 is 0. The van der Waals surface area contributed by atoms with E-state index >= 15 is 0 Å². The number of rotatable bonds is 4. The first kappa shape index (κ1) is 13.6. The van der Waals surface area contributed by atoms with Crippen molar-refractivity contribution < 1.29 is 9.90 Å². The van der Waals surface area contributed by atoms with Crippen LogP contribution in [-0.2, 0) is 4.79 Å². The van der Waals surface area contributed by atoms with Crippen molar-refractivity contribution in [3.63, 3.8) is 0 Å². The molecule has 0 radical (unpaired) electrons. The number of carboxylic acid groups (broad SMARTS) is 1. The molecule has 1 rings (SSSR count). The quantitative estimate of drug-likeness (QED) is 0.872. The highest BCUT2D eigenvalue weighted by atomic mass is 16.4. The number of carbonyl (C=O) groups is 1. The van der Waals surface area contributed by atoms with Crippen molar-refractivity contribution in [2.45, 2.75) is 40.2 Å². The highest BCUT2D eigenvalue weighted by molar-refractivity contribution is 5.69. The molecule has 0 aromatic heterocycles. The fraction of sp³-hybridized carbons (Fsp3) is 0.500. The van der Waals surface area contributed by atoms with Crippen LogP contribution in [0.3, 0.4) is 0 Å². The smallest absolute Gasteiger partial charge is 0.305 e. The monoisotopic (exact) mass is 235 g/mol. The molecular weight excluding hydrogens is 214 g/mol. The highest BCUT2D eigenvalue weighted by Crippen LogP contribution is 2.27. The molecule has 3 nitrogen and oxygen atoms in total. The van der Waals surface area contributed by atoms with Crippen LogP contribution in [0.1, 0.15) is 30.0 Å². The Hall–Kier alpha value is -1.51. The van der Waals surface area contributed by atoms with Gasteiger partial charge in [0.2, 0.25) is 0 Å². The van der Waals surface area contributed by atoms with Crippen molar-refractivity contribution in [1.29, 1.82) is 0 Å². The molecule has 1 aromatic carbocycles. The van der Waals surface area contributed by atoms with Crippen LogP contribution in [0.2, 0.25) is 0 Å². The van der Waals surface area contributed by atoms with Gasteiger partial charge in [-0.25, -0.2) is 0 Å². The zero-order chi connectivity index (χ0) is 13.2. The van der Waals surface area contributed by atoms with Gasteiger partial charge in [-0.3, -0.25) is 4.79 Å². The molecule has 0 spiro atoms. The van der Waals surface area contributed by atoms with Crippen molar-refractivity contribution in [2.24, 2.45) is 0 Å². The van der Waals surface area contributed by atoms with Gasteiger partial charge in [0.15, 0.2) is 0 Å². The Morgan fingerprint density at radius 1 is 1.29 bits per heavy atom. The zero-order valence-electron chi connectivity index (χ0n) is 11.2. The van der Waals surface area contributed by atoms with E-state index in [0.29, 0.717) is 0 Å². The average molecular weight is 235 g/mol. The maximum absolute atomic E-state index is 10.7. The van der Waals surface area contributed by atoms with Gasteiger partial charge in [-0.05, 0) is 38.8 Å². The fourth-order valence-corrected chi connectivity index (χ4v) is 2.34. The number of benzene rings is 1. The van der Waals surface area contributed by atoms with Gasteiger partial charge >= 0.3 is 5.97 Å². The summed E-state index contributed by atoms with van der Waals surface area (Å²) in [6.07, 6.45) is 0.156. The maximum Gasteiger partial charge on any atom is 0.305 e. The van der Waals surface area contributed by atoms with Gasteiger partial charge in [0.05, 0.1) is 6.42 Å². The molecule has 17 heavy (non-hydrogen) atoms. The third-order valence-electron chi connectivity index (χ3n) is 3.12. The second-order valence-electron chi connectivity index (χ2n) is 4.81. The van der Waals surface area contributed by atoms with Gasteiger partial charge < -0.3 is 10.0 Å². The molecule has 3 heteroatoms. The molecule has 1 atom stereocenters. The molecule has 1 aromatic rings. The van der Waals surface area contributed by atoms with Crippen LogP contribution in [-0.4, -0.2) is 24.2 Å². The minimum atomic E-state index is -0.758. The van der Waals surface area contributed by atoms with E-state index in [1.165, 1.54) is 16.7 Å². The first-order valence-electron chi connectivity index (χ1n) is 5.85. The lowest BCUT2D eigenvalue weighted by molar-refractivity contribution is -0.137. The summed E-state index contributed by atoms with van der Waals surface area (Å²) in [7, 11) is 1.96. The van der Waals surface area contributed by atoms with Crippen LogP contribution < -0.4 is 4.90 Å². The average Bonchev–Trinajstić information content (AvgIpc) is 2.14. The first-order chi connectivity index (χ1) is 7.82. The Balaban J connectivity index is 3.03. The van der Waals surface area contributed by atoms with Crippen LogP contribution in [0.25, 0.3) is 0 Å².